The lowest BCUT2D eigenvalue weighted by Crippen LogP contribution is -2.25. The maximum Gasteiger partial charge on any atom is 0.256 e. The zero-order valence-electron chi connectivity index (χ0n) is 9.41. The normalized spacial score (nSPS) is 14.8. The number of aromatic nitrogens is 2. The van der Waals surface area contributed by atoms with Gasteiger partial charge in [0.2, 0.25) is 0 Å². The first kappa shape index (κ1) is 11.3. The van der Waals surface area contributed by atoms with Gasteiger partial charge in [-0.1, -0.05) is 6.92 Å². The third-order valence-corrected chi connectivity index (χ3v) is 2.47. The Kier molecular flexibility index (Phi) is 3.69. The summed E-state index contributed by atoms with van der Waals surface area (Å²) in [5.41, 5.74) is 1.41. The van der Waals surface area contributed by atoms with E-state index in [1.165, 1.54) is 0 Å². The van der Waals surface area contributed by atoms with E-state index < -0.39 is 0 Å². The predicted molar refractivity (Wildman–Crippen MR) is 58.2 cm³/mol. The molecule has 1 N–H and O–H groups in total. The quantitative estimate of drug-likeness (QED) is 0.767. The van der Waals surface area contributed by atoms with Gasteiger partial charge >= 0.3 is 0 Å². The molecule has 5 nitrogen and oxygen atoms in total. The summed E-state index contributed by atoms with van der Waals surface area (Å²) in [6, 6.07) is 0. The third kappa shape index (κ3) is 2.48. The van der Waals surface area contributed by atoms with Crippen molar-refractivity contribution >= 4 is 0 Å². The first-order chi connectivity index (χ1) is 7.81. The van der Waals surface area contributed by atoms with Crippen LogP contribution < -0.4 is 5.56 Å². The van der Waals surface area contributed by atoms with Crippen molar-refractivity contribution < 1.29 is 9.47 Å². The lowest BCUT2D eigenvalue weighted by molar-refractivity contribution is 0.103. The van der Waals surface area contributed by atoms with Crippen LogP contribution in [0.15, 0.2) is 4.79 Å². The minimum atomic E-state index is -0.0974. The second kappa shape index (κ2) is 5.23. The van der Waals surface area contributed by atoms with E-state index in [1.807, 2.05) is 6.92 Å². The van der Waals surface area contributed by atoms with Crippen molar-refractivity contribution in [1.29, 1.82) is 0 Å². The van der Waals surface area contributed by atoms with Gasteiger partial charge in [-0.3, -0.25) is 4.79 Å². The fourth-order valence-corrected chi connectivity index (χ4v) is 1.68. The molecule has 2 heterocycles. The highest BCUT2D eigenvalue weighted by atomic mass is 16.5. The molecule has 1 aliphatic rings. The Balaban J connectivity index is 2.15. The molecule has 1 aromatic rings. The van der Waals surface area contributed by atoms with Crippen LogP contribution in [0.3, 0.4) is 0 Å². The summed E-state index contributed by atoms with van der Waals surface area (Å²) in [5, 5.41) is 0. The molecule has 1 aliphatic heterocycles. The second-order valence-electron chi connectivity index (χ2n) is 3.79. The molecule has 0 aromatic carbocycles. The molecule has 0 unspecified atom stereocenters. The summed E-state index contributed by atoms with van der Waals surface area (Å²) in [7, 11) is 0. The van der Waals surface area contributed by atoms with Crippen LogP contribution in [-0.2, 0) is 29.1 Å². The molecule has 0 atom stereocenters. The van der Waals surface area contributed by atoms with Gasteiger partial charge in [0.25, 0.3) is 5.56 Å². The molecule has 0 saturated heterocycles. The third-order valence-electron chi connectivity index (χ3n) is 2.47. The number of hydrogen-bond acceptors (Lipinski definition) is 4. The molecular weight excluding hydrogens is 208 g/mol. The minimum absolute atomic E-state index is 0.0974. The van der Waals surface area contributed by atoms with Crippen molar-refractivity contribution in [3.8, 4) is 0 Å². The lowest BCUT2D eigenvalue weighted by atomic mass is 10.1. The lowest BCUT2D eigenvalue weighted by Gasteiger charge is -2.15. The molecule has 0 fully saturated rings. The molecule has 88 valence electrons. The summed E-state index contributed by atoms with van der Waals surface area (Å²) >= 11 is 0. The summed E-state index contributed by atoms with van der Waals surface area (Å²) < 4.78 is 10.6. The number of hydrogen-bond donors (Lipinski definition) is 1. The van der Waals surface area contributed by atoms with Crippen LogP contribution in [0.4, 0.5) is 0 Å². The molecular formula is C11H16N2O3. The standard InChI is InChI=1S/C11H16N2O3/c1-2-4-15-7-10-12-9-3-5-16-6-8(9)11(14)13-10/h2-7H2,1H3,(H,12,13,14). The highest BCUT2D eigenvalue weighted by Gasteiger charge is 2.15. The molecule has 0 amide bonds. The van der Waals surface area contributed by atoms with Gasteiger partial charge in [0.15, 0.2) is 0 Å². The average molecular weight is 224 g/mol. The van der Waals surface area contributed by atoms with E-state index in [-0.39, 0.29) is 5.56 Å². The fourth-order valence-electron chi connectivity index (χ4n) is 1.68. The number of aromatic amines is 1. The first-order valence-corrected chi connectivity index (χ1v) is 5.57. The van der Waals surface area contributed by atoms with Crippen LogP contribution in [-0.4, -0.2) is 23.2 Å². The molecule has 0 aliphatic carbocycles. The van der Waals surface area contributed by atoms with Crippen molar-refractivity contribution in [3.05, 3.63) is 27.4 Å². The number of nitrogens with one attached hydrogen (secondary N) is 1. The van der Waals surface area contributed by atoms with Crippen LogP contribution in [0.5, 0.6) is 0 Å². The van der Waals surface area contributed by atoms with Crippen molar-refractivity contribution in [1.82, 2.24) is 9.97 Å². The molecule has 0 radical (unpaired) electrons. The summed E-state index contributed by atoms with van der Waals surface area (Å²) in [5.74, 6) is 0.610. The van der Waals surface area contributed by atoms with E-state index in [0.29, 0.717) is 44.2 Å². The van der Waals surface area contributed by atoms with E-state index in [9.17, 15) is 4.79 Å². The van der Waals surface area contributed by atoms with Gasteiger partial charge in [-0.25, -0.2) is 4.98 Å². The van der Waals surface area contributed by atoms with Gasteiger partial charge in [-0.05, 0) is 6.42 Å². The first-order valence-electron chi connectivity index (χ1n) is 5.57. The molecule has 5 heteroatoms. The molecule has 2 rings (SSSR count). The summed E-state index contributed by atoms with van der Waals surface area (Å²) in [6.07, 6.45) is 1.67. The summed E-state index contributed by atoms with van der Waals surface area (Å²) in [6.45, 7) is 4.11. The van der Waals surface area contributed by atoms with Gasteiger partial charge in [0.1, 0.15) is 12.4 Å². The van der Waals surface area contributed by atoms with Gasteiger partial charge in [0, 0.05) is 13.0 Å². The zero-order valence-corrected chi connectivity index (χ0v) is 9.41. The topological polar surface area (TPSA) is 64.2 Å². The van der Waals surface area contributed by atoms with Gasteiger partial charge in [-0.2, -0.15) is 0 Å². The Morgan fingerprint density at radius 1 is 1.56 bits per heavy atom. The number of rotatable bonds is 4. The fraction of sp³-hybridized carbons (Fsp3) is 0.636. The van der Waals surface area contributed by atoms with E-state index in [1.54, 1.807) is 0 Å². The maximum atomic E-state index is 11.7. The Morgan fingerprint density at radius 3 is 3.25 bits per heavy atom. The molecule has 1 aromatic heterocycles. The van der Waals surface area contributed by atoms with Crippen LogP contribution in [0.2, 0.25) is 0 Å². The number of fused-ring (bicyclic) bond motifs is 1. The monoisotopic (exact) mass is 224 g/mol. The minimum Gasteiger partial charge on any atom is -0.376 e. The molecule has 0 bridgehead atoms. The van der Waals surface area contributed by atoms with Crippen molar-refractivity contribution in [2.45, 2.75) is 33.0 Å². The molecule has 0 spiro atoms. The highest BCUT2D eigenvalue weighted by Crippen LogP contribution is 2.10. The van der Waals surface area contributed by atoms with Crippen LogP contribution >= 0.6 is 0 Å². The van der Waals surface area contributed by atoms with E-state index in [4.69, 9.17) is 9.47 Å². The van der Waals surface area contributed by atoms with Gasteiger partial charge in [0.05, 0.1) is 24.5 Å². The second-order valence-corrected chi connectivity index (χ2v) is 3.79. The Morgan fingerprint density at radius 2 is 2.44 bits per heavy atom. The zero-order chi connectivity index (χ0) is 11.4. The summed E-state index contributed by atoms with van der Waals surface area (Å²) in [4.78, 5) is 18.8. The Bertz CT molecular complexity index is 414. The SMILES string of the molecule is CCCOCc1nc2c(c(=O)[nH]1)COCC2. The highest BCUT2D eigenvalue weighted by molar-refractivity contribution is 5.18. The number of ether oxygens (including phenoxy) is 2. The van der Waals surface area contributed by atoms with Crippen molar-refractivity contribution in [3.63, 3.8) is 0 Å². The van der Waals surface area contributed by atoms with Crippen LogP contribution in [0.1, 0.15) is 30.4 Å². The van der Waals surface area contributed by atoms with Gasteiger partial charge in [-0.15, -0.1) is 0 Å². The van der Waals surface area contributed by atoms with Crippen molar-refractivity contribution in [2.75, 3.05) is 13.2 Å². The van der Waals surface area contributed by atoms with Crippen molar-refractivity contribution in [2.24, 2.45) is 0 Å². The number of nitrogens with zero attached hydrogens (tertiary/aromatic N) is 1. The van der Waals surface area contributed by atoms with Gasteiger partial charge < -0.3 is 14.5 Å². The number of H-pyrrole nitrogens is 1. The van der Waals surface area contributed by atoms with Crippen LogP contribution in [0, 0.1) is 0 Å². The average Bonchev–Trinajstić information content (AvgIpc) is 2.30. The Hall–Kier alpha value is -1.20. The van der Waals surface area contributed by atoms with E-state index in [2.05, 4.69) is 9.97 Å². The van der Waals surface area contributed by atoms with E-state index >= 15 is 0 Å². The predicted octanol–water partition coefficient (Wildman–Crippen LogP) is 0.769. The molecule has 16 heavy (non-hydrogen) atoms. The maximum absolute atomic E-state index is 11.7. The van der Waals surface area contributed by atoms with E-state index in [0.717, 1.165) is 12.1 Å². The smallest absolute Gasteiger partial charge is 0.256 e. The largest absolute Gasteiger partial charge is 0.376 e. The Labute approximate surface area is 93.8 Å². The molecule has 0 saturated carbocycles. The van der Waals surface area contributed by atoms with Crippen LogP contribution in [0.25, 0.3) is 0 Å².